The highest BCUT2D eigenvalue weighted by Gasteiger charge is 2.36. The molecular weight excluding hydrogens is 248 g/mol. The zero-order valence-electron chi connectivity index (χ0n) is 12.7. The van der Waals surface area contributed by atoms with Gasteiger partial charge < -0.3 is 15.3 Å². The Hall–Kier alpha value is -1.06. The third-order valence-corrected chi connectivity index (χ3v) is 5.36. The van der Waals surface area contributed by atoms with E-state index < -0.39 is 0 Å². The average Bonchev–Trinajstić information content (AvgIpc) is 3.03. The summed E-state index contributed by atoms with van der Waals surface area (Å²) in [4.78, 5) is 2.42. The molecule has 0 amide bonds. The van der Waals surface area contributed by atoms with Crippen molar-refractivity contribution >= 4 is 0 Å². The fraction of sp³-hybridized carbons (Fsp3) is 0.647. The van der Waals surface area contributed by atoms with Gasteiger partial charge in [-0.2, -0.15) is 0 Å². The fourth-order valence-corrected chi connectivity index (χ4v) is 3.94. The van der Waals surface area contributed by atoms with Crippen molar-refractivity contribution in [2.45, 2.75) is 50.1 Å². The van der Waals surface area contributed by atoms with Crippen molar-refractivity contribution in [2.75, 3.05) is 20.6 Å². The Kier molecular flexibility index (Phi) is 3.74. The predicted molar refractivity (Wildman–Crippen MR) is 82.1 cm³/mol. The van der Waals surface area contributed by atoms with Gasteiger partial charge in [0.15, 0.2) is 0 Å². The molecule has 2 N–H and O–H groups in total. The summed E-state index contributed by atoms with van der Waals surface area (Å²) in [5.74, 6) is 0.393. The summed E-state index contributed by atoms with van der Waals surface area (Å²) in [6.07, 6.45) is 7.56. The molecule has 2 aliphatic carbocycles. The number of aryl methyl sites for hydroxylation is 1. The van der Waals surface area contributed by atoms with Crippen molar-refractivity contribution in [2.24, 2.45) is 0 Å². The number of phenols is 1. The van der Waals surface area contributed by atoms with Gasteiger partial charge in [0, 0.05) is 18.1 Å². The fourth-order valence-electron chi connectivity index (χ4n) is 3.94. The maximum atomic E-state index is 9.57. The van der Waals surface area contributed by atoms with Crippen molar-refractivity contribution in [3.8, 4) is 5.75 Å². The summed E-state index contributed by atoms with van der Waals surface area (Å²) in [7, 11) is 4.43. The second kappa shape index (κ2) is 5.38. The molecule has 3 nitrogen and oxygen atoms in total. The Morgan fingerprint density at radius 1 is 1.30 bits per heavy atom. The summed E-state index contributed by atoms with van der Waals surface area (Å²) in [6, 6.07) is 6.29. The van der Waals surface area contributed by atoms with Gasteiger partial charge in [0.2, 0.25) is 0 Å². The van der Waals surface area contributed by atoms with Crippen molar-refractivity contribution in [3.05, 3.63) is 29.3 Å². The topological polar surface area (TPSA) is 35.5 Å². The minimum absolute atomic E-state index is 0.347. The molecule has 1 unspecified atom stereocenters. The van der Waals surface area contributed by atoms with Crippen LogP contribution in [0.25, 0.3) is 0 Å². The van der Waals surface area contributed by atoms with Gasteiger partial charge in [-0.3, -0.25) is 0 Å². The normalized spacial score (nSPS) is 24.2. The van der Waals surface area contributed by atoms with E-state index >= 15 is 0 Å². The number of hydrogen-bond donors (Lipinski definition) is 2. The van der Waals surface area contributed by atoms with Crippen LogP contribution in [0.15, 0.2) is 18.2 Å². The van der Waals surface area contributed by atoms with Crippen molar-refractivity contribution in [1.29, 1.82) is 0 Å². The van der Waals surface area contributed by atoms with Gasteiger partial charge in [-0.05, 0) is 63.0 Å². The van der Waals surface area contributed by atoms with Crippen molar-refractivity contribution in [1.82, 2.24) is 10.2 Å². The number of hydrogen-bond acceptors (Lipinski definition) is 3. The lowest BCUT2D eigenvalue weighted by atomic mass is 9.95. The minimum Gasteiger partial charge on any atom is -0.508 e. The first-order valence-electron chi connectivity index (χ1n) is 7.83. The molecule has 0 radical (unpaired) electrons. The Bertz CT molecular complexity index is 478. The lowest BCUT2D eigenvalue weighted by Gasteiger charge is -2.37. The largest absolute Gasteiger partial charge is 0.508 e. The maximum Gasteiger partial charge on any atom is 0.115 e. The van der Waals surface area contributed by atoms with Gasteiger partial charge in [0.25, 0.3) is 0 Å². The molecule has 3 rings (SSSR count). The molecule has 0 saturated heterocycles. The third kappa shape index (κ3) is 2.45. The molecule has 3 heteroatoms. The van der Waals surface area contributed by atoms with E-state index in [0.717, 1.165) is 19.4 Å². The maximum absolute atomic E-state index is 9.57. The van der Waals surface area contributed by atoms with Crippen LogP contribution < -0.4 is 5.32 Å². The number of phenolic OH excluding ortho intramolecular Hbond substituents is 1. The van der Waals surface area contributed by atoms with Crippen LogP contribution in [0.2, 0.25) is 0 Å². The molecule has 20 heavy (non-hydrogen) atoms. The van der Waals surface area contributed by atoms with Gasteiger partial charge in [-0.1, -0.05) is 18.9 Å². The standard InChI is InChI=1S/C17H26N2O/c1-19(2)17(9-3-4-10-17)12-18-16-8-5-13-11-14(20)6-7-15(13)16/h6-7,11,16,18,20H,3-5,8-10,12H2,1-2H3. The van der Waals surface area contributed by atoms with E-state index in [1.807, 2.05) is 12.1 Å². The number of nitrogens with zero attached hydrogens (tertiary/aromatic N) is 1. The van der Waals surface area contributed by atoms with E-state index in [1.165, 1.54) is 36.8 Å². The Morgan fingerprint density at radius 2 is 2.05 bits per heavy atom. The third-order valence-electron chi connectivity index (χ3n) is 5.36. The van der Waals surface area contributed by atoms with Crippen LogP contribution in [0.1, 0.15) is 49.3 Å². The van der Waals surface area contributed by atoms with Gasteiger partial charge in [-0.25, -0.2) is 0 Å². The predicted octanol–water partition coefficient (Wildman–Crippen LogP) is 2.84. The molecule has 2 aliphatic rings. The van der Waals surface area contributed by atoms with Crippen molar-refractivity contribution < 1.29 is 5.11 Å². The van der Waals surface area contributed by atoms with Crippen LogP contribution in [-0.4, -0.2) is 36.2 Å². The minimum atomic E-state index is 0.347. The molecule has 0 spiro atoms. The molecule has 1 fully saturated rings. The highest BCUT2D eigenvalue weighted by atomic mass is 16.3. The summed E-state index contributed by atoms with van der Waals surface area (Å²) in [5.41, 5.74) is 3.04. The number of benzene rings is 1. The first-order valence-corrected chi connectivity index (χ1v) is 7.83. The SMILES string of the molecule is CN(C)C1(CNC2CCc3cc(O)ccc32)CCCC1. The van der Waals surface area contributed by atoms with E-state index in [9.17, 15) is 5.11 Å². The molecule has 1 aromatic rings. The highest BCUT2D eigenvalue weighted by Crippen LogP contribution is 2.36. The summed E-state index contributed by atoms with van der Waals surface area (Å²) >= 11 is 0. The van der Waals surface area contributed by atoms with E-state index in [-0.39, 0.29) is 0 Å². The average molecular weight is 274 g/mol. The Balaban J connectivity index is 1.68. The quantitative estimate of drug-likeness (QED) is 0.886. The molecule has 1 aromatic carbocycles. The molecule has 0 heterocycles. The zero-order chi connectivity index (χ0) is 14.2. The number of aromatic hydroxyl groups is 1. The van der Waals surface area contributed by atoms with Gasteiger partial charge in [0.1, 0.15) is 5.75 Å². The first-order chi connectivity index (χ1) is 9.61. The molecule has 0 aliphatic heterocycles. The zero-order valence-corrected chi connectivity index (χ0v) is 12.7. The Labute approximate surface area is 122 Å². The van der Waals surface area contributed by atoms with E-state index in [4.69, 9.17) is 0 Å². The van der Waals surface area contributed by atoms with Crippen LogP contribution in [0, 0.1) is 0 Å². The van der Waals surface area contributed by atoms with Crippen molar-refractivity contribution in [3.63, 3.8) is 0 Å². The monoisotopic (exact) mass is 274 g/mol. The van der Waals surface area contributed by atoms with Crippen LogP contribution in [0.3, 0.4) is 0 Å². The van der Waals surface area contributed by atoms with E-state index in [1.54, 1.807) is 0 Å². The molecule has 1 saturated carbocycles. The summed E-state index contributed by atoms with van der Waals surface area (Å²) < 4.78 is 0. The smallest absolute Gasteiger partial charge is 0.115 e. The van der Waals surface area contributed by atoms with Gasteiger partial charge in [0.05, 0.1) is 0 Å². The lowest BCUT2D eigenvalue weighted by molar-refractivity contribution is 0.149. The molecular formula is C17H26N2O. The molecule has 0 bridgehead atoms. The van der Waals surface area contributed by atoms with Gasteiger partial charge in [-0.15, -0.1) is 0 Å². The summed E-state index contributed by atoms with van der Waals surface area (Å²) in [5, 5.41) is 13.4. The number of nitrogens with one attached hydrogen (secondary N) is 1. The number of rotatable bonds is 4. The van der Waals surface area contributed by atoms with E-state index in [2.05, 4.69) is 30.4 Å². The lowest BCUT2D eigenvalue weighted by Crippen LogP contribution is -2.50. The molecule has 110 valence electrons. The van der Waals surface area contributed by atoms with Crippen LogP contribution in [0.4, 0.5) is 0 Å². The van der Waals surface area contributed by atoms with Gasteiger partial charge >= 0.3 is 0 Å². The first kappa shape index (κ1) is 13.9. The molecule has 1 atom stereocenters. The summed E-state index contributed by atoms with van der Waals surface area (Å²) in [6.45, 7) is 1.07. The van der Waals surface area contributed by atoms with Crippen LogP contribution >= 0.6 is 0 Å². The number of fused-ring (bicyclic) bond motifs is 1. The Morgan fingerprint density at radius 3 is 2.75 bits per heavy atom. The molecule has 0 aromatic heterocycles. The highest BCUT2D eigenvalue weighted by molar-refractivity contribution is 5.40. The van der Waals surface area contributed by atoms with Crippen LogP contribution in [0.5, 0.6) is 5.75 Å². The second-order valence-corrected chi connectivity index (χ2v) is 6.68. The van der Waals surface area contributed by atoms with E-state index in [0.29, 0.717) is 17.3 Å². The van der Waals surface area contributed by atoms with Crippen LogP contribution in [-0.2, 0) is 6.42 Å². The second-order valence-electron chi connectivity index (χ2n) is 6.68. The number of likely N-dealkylation sites (N-methyl/N-ethyl adjacent to an activating group) is 1.